The Kier molecular flexibility index (Phi) is 3.85. The van der Waals surface area contributed by atoms with Crippen molar-refractivity contribution in [2.24, 2.45) is 0 Å². The molecule has 2 heterocycles. The summed E-state index contributed by atoms with van der Waals surface area (Å²) in [5.74, 6) is 0.0905. The zero-order valence-electron chi connectivity index (χ0n) is 11.5. The maximum absolute atomic E-state index is 13.7. The summed E-state index contributed by atoms with van der Waals surface area (Å²) in [5, 5.41) is 1.04. The first-order valence-corrected chi connectivity index (χ1v) is 7.26. The molecule has 0 amide bonds. The minimum absolute atomic E-state index is 0.0622. The molecule has 0 saturated heterocycles. The lowest BCUT2D eigenvalue weighted by Crippen LogP contribution is -2.08. The van der Waals surface area contributed by atoms with Gasteiger partial charge in [-0.25, -0.2) is 9.37 Å². The van der Waals surface area contributed by atoms with Crippen molar-refractivity contribution in [1.82, 2.24) is 9.97 Å². The first-order chi connectivity index (χ1) is 10.5. The van der Waals surface area contributed by atoms with Gasteiger partial charge in [0, 0.05) is 22.2 Å². The van der Waals surface area contributed by atoms with Gasteiger partial charge in [-0.2, -0.15) is 0 Å². The van der Waals surface area contributed by atoms with Crippen molar-refractivity contribution in [3.05, 3.63) is 52.0 Å². The molecule has 7 heteroatoms. The van der Waals surface area contributed by atoms with Gasteiger partial charge in [0.05, 0.1) is 16.7 Å². The number of nitrogen functional groups attached to an aromatic ring is 1. The molecule has 0 radical (unpaired) electrons. The van der Waals surface area contributed by atoms with Gasteiger partial charge in [-0.15, -0.1) is 0 Å². The number of hydrogen-bond donors (Lipinski definition) is 2. The first kappa shape index (κ1) is 14.9. The molecule has 0 aliphatic heterocycles. The summed E-state index contributed by atoms with van der Waals surface area (Å²) in [5.41, 5.74) is 7.04. The minimum Gasteiger partial charge on any atom is -0.481 e. The molecule has 0 bridgehead atoms. The average Bonchev–Trinajstić information content (AvgIpc) is 2.95. The van der Waals surface area contributed by atoms with Crippen LogP contribution in [0.2, 0.25) is 10.0 Å². The van der Waals surface area contributed by atoms with Gasteiger partial charge in [0.2, 0.25) is 0 Å². The fourth-order valence-electron chi connectivity index (χ4n) is 2.29. The molecule has 0 fully saturated rings. The smallest absolute Gasteiger partial charge is 0.171 e. The molecule has 1 unspecified atom stereocenters. The van der Waals surface area contributed by atoms with Gasteiger partial charge >= 0.3 is 0 Å². The zero-order chi connectivity index (χ0) is 15.9. The number of halogens is 3. The third-order valence-corrected chi connectivity index (χ3v) is 4.08. The van der Waals surface area contributed by atoms with Gasteiger partial charge in [-0.1, -0.05) is 23.2 Å². The van der Waals surface area contributed by atoms with Gasteiger partial charge in [-0.3, -0.25) is 0 Å². The summed E-state index contributed by atoms with van der Waals surface area (Å²) in [6.45, 7) is 1.72. The van der Waals surface area contributed by atoms with Crippen LogP contribution in [0.3, 0.4) is 0 Å². The number of H-pyrrole nitrogens is 1. The Hall–Kier alpha value is -1.98. The van der Waals surface area contributed by atoms with Crippen LogP contribution in [0.1, 0.15) is 18.6 Å². The molecule has 0 spiro atoms. The van der Waals surface area contributed by atoms with Crippen molar-refractivity contribution in [2.45, 2.75) is 13.0 Å². The van der Waals surface area contributed by atoms with Crippen LogP contribution in [-0.2, 0) is 0 Å². The summed E-state index contributed by atoms with van der Waals surface area (Å²) in [7, 11) is 0. The van der Waals surface area contributed by atoms with E-state index in [0.29, 0.717) is 16.3 Å². The Balaban J connectivity index is 2.04. The molecule has 3 aromatic rings. The predicted octanol–water partition coefficient (Wildman–Crippen LogP) is 4.73. The van der Waals surface area contributed by atoms with Crippen LogP contribution in [0.5, 0.6) is 5.75 Å². The standard InChI is InChI=1S/C15H12Cl2FN3O/c1-7(12-9(16)2-3-10(18)13(12)17)22-14-8-4-5-20-11(8)6-21-15(14)19/h2-7,20H,1H3,(H2,19,21). The largest absolute Gasteiger partial charge is 0.481 e. The Labute approximate surface area is 136 Å². The number of fused-ring (bicyclic) bond motifs is 1. The van der Waals surface area contributed by atoms with Crippen LogP contribution in [-0.4, -0.2) is 9.97 Å². The second-order valence-corrected chi connectivity index (χ2v) is 5.58. The number of hydrogen-bond acceptors (Lipinski definition) is 3. The van der Waals surface area contributed by atoms with Gasteiger partial charge in [-0.05, 0) is 25.1 Å². The number of nitrogens with one attached hydrogen (secondary N) is 1. The highest BCUT2D eigenvalue weighted by Gasteiger charge is 2.21. The number of rotatable bonds is 3. The Morgan fingerprint density at radius 2 is 2.09 bits per heavy atom. The third kappa shape index (κ3) is 2.46. The number of aromatic amines is 1. The molecular weight excluding hydrogens is 328 g/mol. The highest BCUT2D eigenvalue weighted by Crippen LogP contribution is 2.38. The first-order valence-electron chi connectivity index (χ1n) is 6.50. The van der Waals surface area contributed by atoms with Crippen molar-refractivity contribution >= 4 is 39.9 Å². The molecule has 0 aliphatic carbocycles. The number of ether oxygens (including phenoxy) is 1. The molecule has 2 aromatic heterocycles. The highest BCUT2D eigenvalue weighted by molar-refractivity contribution is 6.36. The minimum atomic E-state index is -0.597. The predicted molar refractivity (Wildman–Crippen MR) is 86.0 cm³/mol. The third-order valence-electron chi connectivity index (χ3n) is 3.37. The van der Waals surface area contributed by atoms with Crippen LogP contribution in [0, 0.1) is 5.82 Å². The van der Waals surface area contributed by atoms with Crippen molar-refractivity contribution in [1.29, 1.82) is 0 Å². The lowest BCUT2D eigenvalue weighted by molar-refractivity contribution is 0.230. The molecule has 114 valence electrons. The summed E-state index contributed by atoms with van der Waals surface area (Å²) in [4.78, 5) is 7.09. The van der Waals surface area contributed by atoms with E-state index < -0.39 is 11.9 Å². The number of nitrogens with zero attached hydrogens (tertiary/aromatic N) is 1. The maximum Gasteiger partial charge on any atom is 0.171 e. The zero-order valence-corrected chi connectivity index (χ0v) is 13.0. The maximum atomic E-state index is 13.7. The van der Waals surface area contributed by atoms with E-state index in [9.17, 15) is 4.39 Å². The molecule has 0 saturated carbocycles. The van der Waals surface area contributed by atoms with Crippen molar-refractivity contribution in [2.75, 3.05) is 5.73 Å². The quantitative estimate of drug-likeness (QED) is 0.678. The van der Waals surface area contributed by atoms with E-state index >= 15 is 0 Å². The summed E-state index contributed by atoms with van der Waals surface area (Å²) in [6, 6.07) is 4.48. The normalized spacial score (nSPS) is 12.5. The number of aromatic nitrogens is 2. The summed E-state index contributed by atoms with van der Waals surface area (Å²) >= 11 is 12.1. The topological polar surface area (TPSA) is 63.9 Å². The van der Waals surface area contributed by atoms with Crippen LogP contribution in [0.15, 0.2) is 30.6 Å². The molecule has 22 heavy (non-hydrogen) atoms. The Morgan fingerprint density at radius 3 is 2.86 bits per heavy atom. The van der Waals surface area contributed by atoms with E-state index in [2.05, 4.69) is 9.97 Å². The molecule has 3 N–H and O–H groups in total. The summed E-state index contributed by atoms with van der Waals surface area (Å²) in [6.07, 6.45) is 2.77. The summed E-state index contributed by atoms with van der Waals surface area (Å²) < 4.78 is 19.5. The number of nitrogens with two attached hydrogens (primary N) is 1. The van der Waals surface area contributed by atoms with Crippen molar-refractivity contribution < 1.29 is 9.13 Å². The van der Waals surface area contributed by atoms with Gasteiger partial charge in [0.1, 0.15) is 11.9 Å². The molecule has 0 aliphatic rings. The van der Waals surface area contributed by atoms with E-state index in [1.165, 1.54) is 12.1 Å². The SMILES string of the molecule is CC(Oc1c(N)ncc2[nH]ccc12)c1c(Cl)ccc(F)c1Cl. The molecule has 1 aromatic carbocycles. The van der Waals surface area contributed by atoms with Gasteiger partial charge in [0.25, 0.3) is 0 Å². The second kappa shape index (κ2) is 5.66. The van der Waals surface area contributed by atoms with Gasteiger partial charge in [0.15, 0.2) is 11.6 Å². The number of benzene rings is 1. The monoisotopic (exact) mass is 339 g/mol. The van der Waals surface area contributed by atoms with E-state index in [4.69, 9.17) is 33.7 Å². The fraction of sp³-hybridized carbons (Fsp3) is 0.133. The Morgan fingerprint density at radius 1 is 1.32 bits per heavy atom. The van der Waals surface area contributed by atoms with E-state index in [1.54, 1.807) is 19.3 Å². The second-order valence-electron chi connectivity index (χ2n) is 4.79. The average molecular weight is 340 g/mol. The number of pyridine rings is 1. The van der Waals surface area contributed by atoms with E-state index in [-0.39, 0.29) is 10.8 Å². The van der Waals surface area contributed by atoms with E-state index in [0.717, 1.165) is 10.9 Å². The lowest BCUT2D eigenvalue weighted by Gasteiger charge is -2.19. The van der Waals surface area contributed by atoms with Crippen molar-refractivity contribution in [3.63, 3.8) is 0 Å². The molecule has 4 nitrogen and oxygen atoms in total. The number of anilines is 1. The van der Waals surface area contributed by atoms with E-state index in [1.807, 2.05) is 6.07 Å². The van der Waals surface area contributed by atoms with Crippen LogP contribution < -0.4 is 10.5 Å². The van der Waals surface area contributed by atoms with Crippen LogP contribution in [0.25, 0.3) is 10.9 Å². The Bertz CT molecular complexity index is 850. The highest BCUT2D eigenvalue weighted by atomic mass is 35.5. The van der Waals surface area contributed by atoms with Crippen LogP contribution >= 0.6 is 23.2 Å². The fourth-order valence-corrected chi connectivity index (χ4v) is 2.97. The van der Waals surface area contributed by atoms with Crippen molar-refractivity contribution in [3.8, 4) is 5.75 Å². The van der Waals surface area contributed by atoms with Crippen LogP contribution in [0.4, 0.5) is 10.2 Å². The molecule has 3 rings (SSSR count). The lowest BCUT2D eigenvalue weighted by atomic mass is 10.1. The molecular formula is C15H12Cl2FN3O. The van der Waals surface area contributed by atoms with Gasteiger partial charge < -0.3 is 15.5 Å². The molecule has 1 atom stereocenters.